The number of amides is 1. The van der Waals surface area contributed by atoms with E-state index in [1.165, 1.54) is 12.1 Å². The molecule has 2 aromatic heterocycles. The highest BCUT2D eigenvalue weighted by Gasteiger charge is 2.29. The largest absolute Gasteiger partial charge is 0.420 e. The van der Waals surface area contributed by atoms with Crippen LogP contribution in [0.2, 0.25) is 0 Å². The molecular weight excluding hydrogens is 349 g/mol. The summed E-state index contributed by atoms with van der Waals surface area (Å²) in [6.07, 6.45) is 1.52. The molecule has 1 saturated heterocycles. The molecule has 3 heterocycles. The first kappa shape index (κ1) is 17.4. The molecule has 0 saturated carbocycles. The van der Waals surface area contributed by atoms with Crippen LogP contribution < -0.4 is 0 Å². The lowest BCUT2D eigenvalue weighted by Gasteiger charge is -2.30. The number of aromatic nitrogens is 4. The summed E-state index contributed by atoms with van der Waals surface area (Å²) < 4.78 is 20.5. The summed E-state index contributed by atoms with van der Waals surface area (Å²) >= 11 is 0. The first-order chi connectivity index (χ1) is 13.0. The van der Waals surface area contributed by atoms with Crippen molar-refractivity contribution in [2.24, 2.45) is 7.05 Å². The normalized spacial score (nSPS) is 15.3. The predicted octanol–water partition coefficient (Wildman–Crippen LogP) is 2.94. The third-order valence-corrected chi connectivity index (χ3v) is 4.88. The number of carbonyl (C=O) groups is 1. The van der Waals surface area contributed by atoms with Gasteiger partial charge in [-0.2, -0.15) is 5.10 Å². The molecule has 7 nitrogen and oxygen atoms in total. The van der Waals surface area contributed by atoms with Crippen LogP contribution in [-0.2, 0) is 7.05 Å². The van der Waals surface area contributed by atoms with E-state index in [1.807, 2.05) is 11.8 Å². The molecule has 4 rings (SSSR count). The maximum absolute atomic E-state index is 13.0. The summed E-state index contributed by atoms with van der Waals surface area (Å²) in [5.41, 5.74) is 2.12. The van der Waals surface area contributed by atoms with E-state index in [1.54, 1.807) is 29.9 Å². The van der Waals surface area contributed by atoms with Gasteiger partial charge in [0, 0.05) is 31.6 Å². The fourth-order valence-electron chi connectivity index (χ4n) is 3.41. The minimum absolute atomic E-state index is 0.00548. The van der Waals surface area contributed by atoms with E-state index in [0.29, 0.717) is 36.1 Å². The Labute approximate surface area is 155 Å². The zero-order valence-corrected chi connectivity index (χ0v) is 15.2. The van der Waals surface area contributed by atoms with E-state index in [2.05, 4.69) is 15.3 Å². The Bertz CT molecular complexity index is 955. The van der Waals surface area contributed by atoms with Gasteiger partial charge in [0.15, 0.2) is 0 Å². The van der Waals surface area contributed by atoms with Crippen LogP contribution >= 0.6 is 0 Å². The molecular formula is C19H20FN5O2. The van der Waals surface area contributed by atoms with Crippen LogP contribution in [0.1, 0.15) is 40.8 Å². The number of hydrogen-bond donors (Lipinski definition) is 0. The van der Waals surface area contributed by atoms with Gasteiger partial charge in [-0.3, -0.25) is 9.48 Å². The first-order valence-electron chi connectivity index (χ1n) is 8.90. The highest BCUT2D eigenvalue weighted by Crippen LogP contribution is 2.30. The molecule has 0 atom stereocenters. The predicted molar refractivity (Wildman–Crippen MR) is 95.5 cm³/mol. The molecule has 1 aliphatic rings. The first-order valence-corrected chi connectivity index (χ1v) is 8.90. The van der Waals surface area contributed by atoms with Crippen molar-refractivity contribution in [2.75, 3.05) is 13.1 Å². The van der Waals surface area contributed by atoms with Crippen molar-refractivity contribution >= 4 is 5.91 Å². The standard InChI is InChI=1S/C19H20FN5O2/c1-12-11-16(24(2)23-12)19(26)25-9-7-14(8-10-25)18-22-21-17(27-18)13-3-5-15(20)6-4-13/h3-6,11,14H,7-10H2,1-2H3. The van der Waals surface area contributed by atoms with E-state index in [0.717, 1.165) is 18.5 Å². The topological polar surface area (TPSA) is 77.0 Å². The molecule has 0 N–H and O–H groups in total. The Balaban J connectivity index is 1.41. The number of likely N-dealkylation sites (tertiary alicyclic amines) is 1. The van der Waals surface area contributed by atoms with Gasteiger partial charge in [-0.15, -0.1) is 10.2 Å². The third kappa shape index (κ3) is 3.47. The molecule has 1 aliphatic heterocycles. The Morgan fingerprint density at radius 3 is 2.52 bits per heavy atom. The van der Waals surface area contributed by atoms with E-state index in [9.17, 15) is 9.18 Å². The van der Waals surface area contributed by atoms with Crippen molar-refractivity contribution in [3.05, 3.63) is 53.4 Å². The van der Waals surface area contributed by atoms with Gasteiger partial charge in [0.05, 0.1) is 5.69 Å². The fraction of sp³-hybridized carbons (Fsp3) is 0.368. The van der Waals surface area contributed by atoms with Crippen molar-refractivity contribution in [3.63, 3.8) is 0 Å². The molecule has 1 amide bonds. The van der Waals surface area contributed by atoms with Gasteiger partial charge in [0.2, 0.25) is 11.8 Å². The average molecular weight is 369 g/mol. The molecule has 0 bridgehead atoms. The summed E-state index contributed by atoms with van der Waals surface area (Å²) in [5.74, 6) is 0.754. The second-order valence-corrected chi connectivity index (χ2v) is 6.81. The third-order valence-electron chi connectivity index (χ3n) is 4.88. The zero-order chi connectivity index (χ0) is 19.0. The number of nitrogens with zero attached hydrogens (tertiary/aromatic N) is 5. The van der Waals surface area contributed by atoms with Gasteiger partial charge in [-0.25, -0.2) is 4.39 Å². The molecule has 8 heteroatoms. The summed E-state index contributed by atoms with van der Waals surface area (Å²) in [6.45, 7) is 3.13. The van der Waals surface area contributed by atoms with Crippen molar-refractivity contribution in [1.29, 1.82) is 0 Å². The van der Waals surface area contributed by atoms with Crippen LogP contribution in [0.25, 0.3) is 11.5 Å². The summed E-state index contributed by atoms with van der Waals surface area (Å²) in [4.78, 5) is 14.5. The minimum Gasteiger partial charge on any atom is -0.420 e. The fourth-order valence-corrected chi connectivity index (χ4v) is 3.41. The van der Waals surface area contributed by atoms with E-state index >= 15 is 0 Å². The molecule has 3 aromatic rings. The average Bonchev–Trinajstić information content (AvgIpc) is 3.28. The molecule has 0 unspecified atom stereocenters. The Morgan fingerprint density at radius 2 is 1.89 bits per heavy atom. The van der Waals surface area contributed by atoms with E-state index in [4.69, 9.17) is 4.42 Å². The number of aryl methyl sites for hydroxylation is 2. The van der Waals surface area contributed by atoms with Crippen molar-refractivity contribution in [1.82, 2.24) is 24.9 Å². The number of benzene rings is 1. The van der Waals surface area contributed by atoms with Gasteiger partial charge >= 0.3 is 0 Å². The van der Waals surface area contributed by atoms with Crippen LogP contribution in [0.4, 0.5) is 4.39 Å². The Kier molecular flexibility index (Phi) is 4.47. The number of halogens is 1. The minimum atomic E-state index is -0.306. The number of rotatable bonds is 3. The van der Waals surface area contributed by atoms with Crippen LogP contribution in [0, 0.1) is 12.7 Å². The van der Waals surface area contributed by atoms with Gasteiger partial charge in [0.25, 0.3) is 5.91 Å². The van der Waals surface area contributed by atoms with Crippen molar-refractivity contribution in [2.45, 2.75) is 25.7 Å². The molecule has 0 radical (unpaired) electrons. The highest BCUT2D eigenvalue weighted by molar-refractivity contribution is 5.92. The van der Waals surface area contributed by atoms with Gasteiger partial charge in [0.1, 0.15) is 11.5 Å². The maximum Gasteiger partial charge on any atom is 0.272 e. The van der Waals surface area contributed by atoms with E-state index < -0.39 is 0 Å². The lowest BCUT2D eigenvalue weighted by Crippen LogP contribution is -2.38. The van der Waals surface area contributed by atoms with Gasteiger partial charge in [-0.1, -0.05) is 0 Å². The highest BCUT2D eigenvalue weighted by atomic mass is 19.1. The van der Waals surface area contributed by atoms with E-state index in [-0.39, 0.29) is 17.6 Å². The van der Waals surface area contributed by atoms with Crippen molar-refractivity contribution < 1.29 is 13.6 Å². The van der Waals surface area contributed by atoms with Crippen LogP contribution in [0.5, 0.6) is 0 Å². The zero-order valence-electron chi connectivity index (χ0n) is 15.2. The summed E-state index contributed by atoms with van der Waals surface area (Å²) in [6, 6.07) is 7.77. The lowest BCUT2D eigenvalue weighted by atomic mass is 9.96. The second-order valence-electron chi connectivity index (χ2n) is 6.81. The maximum atomic E-state index is 13.0. The quantitative estimate of drug-likeness (QED) is 0.709. The molecule has 0 spiro atoms. The molecule has 1 aromatic carbocycles. The Hall–Kier alpha value is -3.03. The SMILES string of the molecule is Cc1cc(C(=O)N2CCC(c3nnc(-c4ccc(F)cc4)o3)CC2)n(C)n1. The Morgan fingerprint density at radius 1 is 1.19 bits per heavy atom. The lowest BCUT2D eigenvalue weighted by molar-refractivity contribution is 0.0695. The number of hydrogen-bond acceptors (Lipinski definition) is 5. The number of piperidine rings is 1. The summed E-state index contributed by atoms with van der Waals surface area (Å²) in [7, 11) is 1.78. The second kappa shape index (κ2) is 6.94. The molecule has 0 aliphatic carbocycles. The molecule has 1 fully saturated rings. The summed E-state index contributed by atoms with van der Waals surface area (Å²) in [5, 5.41) is 12.5. The number of carbonyl (C=O) groups excluding carboxylic acids is 1. The monoisotopic (exact) mass is 369 g/mol. The molecule has 140 valence electrons. The molecule has 27 heavy (non-hydrogen) atoms. The van der Waals surface area contributed by atoms with Crippen LogP contribution in [0.3, 0.4) is 0 Å². The van der Waals surface area contributed by atoms with Crippen LogP contribution in [0.15, 0.2) is 34.7 Å². The smallest absolute Gasteiger partial charge is 0.272 e. The van der Waals surface area contributed by atoms with Gasteiger partial charge < -0.3 is 9.32 Å². The van der Waals surface area contributed by atoms with Crippen LogP contribution in [-0.4, -0.2) is 43.9 Å². The van der Waals surface area contributed by atoms with Crippen molar-refractivity contribution in [3.8, 4) is 11.5 Å². The van der Waals surface area contributed by atoms with Gasteiger partial charge in [-0.05, 0) is 50.1 Å².